The number of ether oxygens (including phenoxy) is 1. The molecule has 0 saturated heterocycles. The van der Waals surface area contributed by atoms with Crippen LogP contribution in [0.15, 0.2) is 30.3 Å². The molecule has 1 atom stereocenters. The summed E-state index contributed by atoms with van der Waals surface area (Å²) in [7, 11) is 0. The summed E-state index contributed by atoms with van der Waals surface area (Å²) in [5, 5.41) is 8.68. The molecule has 0 aliphatic carbocycles. The number of aromatic amines is 1. The van der Waals surface area contributed by atoms with Gasteiger partial charge in [0.25, 0.3) is 0 Å². The number of hydrogen-bond donors (Lipinski definition) is 4. The second kappa shape index (κ2) is 14.2. The van der Waals surface area contributed by atoms with Crippen molar-refractivity contribution in [1.82, 2.24) is 9.97 Å². The molecule has 0 radical (unpaired) electrons. The molecule has 0 bridgehead atoms. The third kappa shape index (κ3) is 7.44. The number of unbranched alkanes of at least 4 members (excludes halogenated alkanes) is 1. The van der Waals surface area contributed by atoms with E-state index in [1.165, 1.54) is 19.1 Å². The van der Waals surface area contributed by atoms with E-state index in [4.69, 9.17) is 21.6 Å². The molecule has 6 N–H and O–H groups in total. The zero-order valence-electron chi connectivity index (χ0n) is 23.2. The minimum Gasteiger partial charge on any atom is -0.477 e. The van der Waals surface area contributed by atoms with Gasteiger partial charge >= 0.3 is 0 Å². The van der Waals surface area contributed by atoms with Crippen LogP contribution in [0.25, 0.3) is 22.6 Å². The number of pyridine rings is 1. The number of benzene rings is 1. The summed E-state index contributed by atoms with van der Waals surface area (Å²) < 4.78 is 5.94. The number of aromatic nitrogens is 2. The minimum atomic E-state index is -0.543. The highest BCUT2D eigenvalue weighted by molar-refractivity contribution is 6.09. The van der Waals surface area contributed by atoms with Crippen LogP contribution in [0.3, 0.4) is 0 Å². The van der Waals surface area contributed by atoms with Crippen LogP contribution >= 0.6 is 0 Å². The van der Waals surface area contributed by atoms with E-state index in [-0.39, 0.29) is 0 Å². The van der Waals surface area contributed by atoms with Crippen LogP contribution < -0.4 is 16.2 Å². The molecule has 0 aliphatic heterocycles. The molecule has 0 fully saturated rings. The van der Waals surface area contributed by atoms with E-state index in [9.17, 15) is 4.79 Å². The number of hydrogen-bond acceptors (Lipinski definition) is 5. The Kier molecular flexibility index (Phi) is 11.4. The van der Waals surface area contributed by atoms with Gasteiger partial charge in [-0.05, 0) is 49.6 Å². The number of nitrogens with two attached hydrogens (primary N) is 2. The quantitative estimate of drug-likeness (QED) is 0.166. The largest absolute Gasteiger partial charge is 0.477 e. The first-order valence-corrected chi connectivity index (χ1v) is 13.2. The van der Waals surface area contributed by atoms with Gasteiger partial charge in [0.05, 0.1) is 18.2 Å². The Labute approximate surface area is 221 Å². The Bertz CT molecular complexity index is 1220. The normalized spacial score (nSPS) is 12.2. The summed E-state index contributed by atoms with van der Waals surface area (Å²) in [6.07, 6.45) is 7.97. The van der Waals surface area contributed by atoms with Gasteiger partial charge < -0.3 is 26.6 Å². The van der Waals surface area contributed by atoms with Crippen molar-refractivity contribution in [1.29, 1.82) is 5.41 Å². The second-order valence-corrected chi connectivity index (χ2v) is 9.39. The van der Waals surface area contributed by atoms with E-state index in [0.717, 1.165) is 40.6 Å². The number of rotatable bonds is 11. The molecule has 0 spiro atoms. The van der Waals surface area contributed by atoms with Crippen LogP contribution in [0.2, 0.25) is 0 Å². The molecule has 37 heavy (non-hydrogen) atoms. The molecule has 7 nitrogen and oxygen atoms in total. The highest BCUT2D eigenvalue weighted by Crippen LogP contribution is 2.35. The number of nitrogen functional groups attached to an aromatic ring is 1. The van der Waals surface area contributed by atoms with Crippen LogP contribution in [0.5, 0.6) is 5.88 Å². The molecule has 0 saturated carbocycles. The molecule has 2 aromatic heterocycles. The van der Waals surface area contributed by atoms with Crippen molar-refractivity contribution < 1.29 is 9.53 Å². The lowest BCUT2D eigenvalue weighted by Crippen LogP contribution is -2.19. The highest BCUT2D eigenvalue weighted by atomic mass is 16.5. The smallest absolute Gasteiger partial charge is 0.226 e. The Balaban J connectivity index is 0.00000112. The average molecular weight is 506 g/mol. The Morgan fingerprint density at radius 3 is 2.35 bits per heavy atom. The van der Waals surface area contributed by atoms with Gasteiger partial charge in [-0.15, -0.1) is 0 Å². The van der Waals surface area contributed by atoms with E-state index in [1.54, 1.807) is 13.0 Å². The zero-order valence-corrected chi connectivity index (χ0v) is 23.2. The highest BCUT2D eigenvalue weighted by Gasteiger charge is 2.22. The number of nitrogens with one attached hydrogen (secondary N) is 2. The topological polar surface area (TPSA) is 131 Å². The Morgan fingerprint density at radius 1 is 1.11 bits per heavy atom. The number of primary amides is 1. The van der Waals surface area contributed by atoms with Crippen LogP contribution in [0.1, 0.15) is 95.7 Å². The van der Waals surface area contributed by atoms with E-state index < -0.39 is 11.8 Å². The summed E-state index contributed by atoms with van der Waals surface area (Å²) in [5.41, 5.74) is 16.8. The van der Waals surface area contributed by atoms with E-state index in [1.807, 2.05) is 37.3 Å². The van der Waals surface area contributed by atoms with Gasteiger partial charge in [-0.2, -0.15) is 0 Å². The Morgan fingerprint density at radius 2 is 1.78 bits per heavy atom. The maximum absolute atomic E-state index is 12.0. The fraction of sp³-hybridized carbons (Fsp3) is 0.433. The SMILES string of the molecule is CCC(CC)COc1cccc(/C(C)=C/c2c(C(C)C(N)=O)[nH]c3ccc(N)c(C=N)c23)n1.CCCC. The van der Waals surface area contributed by atoms with Crippen molar-refractivity contribution in [3.63, 3.8) is 0 Å². The van der Waals surface area contributed by atoms with Gasteiger partial charge in [-0.1, -0.05) is 59.4 Å². The number of allylic oxidation sites excluding steroid dienone is 1. The van der Waals surface area contributed by atoms with Crippen molar-refractivity contribution in [2.45, 2.75) is 73.1 Å². The first kappa shape index (κ1) is 29.6. The summed E-state index contributed by atoms with van der Waals surface area (Å²) in [6, 6.07) is 9.31. The molecule has 0 aliphatic rings. The number of carbonyl (C=O) groups excluding carboxylic acids is 1. The average Bonchev–Trinajstić information content (AvgIpc) is 3.27. The number of nitrogens with zero attached hydrogens (tertiary/aromatic N) is 1. The number of H-pyrrole nitrogens is 1. The summed E-state index contributed by atoms with van der Waals surface area (Å²) in [4.78, 5) is 20.0. The van der Waals surface area contributed by atoms with Crippen LogP contribution in [0, 0.1) is 11.3 Å². The zero-order chi connectivity index (χ0) is 27.5. The number of carbonyl (C=O) groups is 1. The van der Waals surface area contributed by atoms with Crippen molar-refractivity contribution >= 4 is 40.4 Å². The standard InChI is InChI=1S/C26H33N5O2.C4H10/c1-5-17(6-2)14-33-23-9-7-8-21(30-23)15(3)12-18-24-19(13-27)20(28)10-11-22(24)31-25(18)16(4)26(29)32;1-3-4-2/h7-13,16-17,27,31H,5-6,14,28H2,1-4H3,(H2,29,32);3-4H2,1-2H3/b15-12+,27-13?;. The predicted molar refractivity (Wildman–Crippen MR) is 156 cm³/mol. The number of fused-ring (bicyclic) bond motifs is 1. The third-order valence-electron chi connectivity index (χ3n) is 6.72. The maximum Gasteiger partial charge on any atom is 0.226 e. The summed E-state index contributed by atoms with van der Waals surface area (Å²) in [6.45, 7) is 13.0. The number of amides is 1. The summed E-state index contributed by atoms with van der Waals surface area (Å²) in [5.74, 6) is 0.106. The van der Waals surface area contributed by atoms with Crippen molar-refractivity contribution in [2.75, 3.05) is 12.3 Å². The van der Waals surface area contributed by atoms with E-state index >= 15 is 0 Å². The lowest BCUT2D eigenvalue weighted by molar-refractivity contribution is -0.119. The molecule has 1 unspecified atom stereocenters. The molecule has 1 amide bonds. The Hall–Kier alpha value is -3.61. The van der Waals surface area contributed by atoms with Gasteiger partial charge in [0, 0.05) is 45.7 Å². The first-order valence-electron chi connectivity index (χ1n) is 13.2. The molecule has 3 aromatic rings. The second-order valence-electron chi connectivity index (χ2n) is 9.39. The summed E-state index contributed by atoms with van der Waals surface area (Å²) >= 11 is 0. The monoisotopic (exact) mass is 505 g/mol. The maximum atomic E-state index is 12.0. The molecule has 1 aromatic carbocycles. The predicted octanol–water partition coefficient (Wildman–Crippen LogP) is 6.91. The van der Waals surface area contributed by atoms with Crippen LogP contribution in [0.4, 0.5) is 5.69 Å². The third-order valence-corrected chi connectivity index (χ3v) is 6.72. The lowest BCUT2D eigenvalue weighted by Gasteiger charge is -2.14. The molecular weight excluding hydrogens is 462 g/mol. The number of anilines is 1. The van der Waals surface area contributed by atoms with Gasteiger partial charge in [0.2, 0.25) is 11.8 Å². The van der Waals surface area contributed by atoms with Crippen molar-refractivity contribution in [2.24, 2.45) is 11.7 Å². The molecule has 200 valence electrons. The minimum absolute atomic E-state index is 0.437. The van der Waals surface area contributed by atoms with Gasteiger partial charge in [-0.3, -0.25) is 4.79 Å². The van der Waals surface area contributed by atoms with Crippen molar-refractivity contribution in [3.05, 3.63) is 52.8 Å². The van der Waals surface area contributed by atoms with Crippen molar-refractivity contribution in [3.8, 4) is 5.88 Å². The van der Waals surface area contributed by atoms with E-state index in [0.29, 0.717) is 35.3 Å². The van der Waals surface area contributed by atoms with Gasteiger partial charge in [0.15, 0.2) is 0 Å². The molecular formula is C30H43N5O2. The lowest BCUT2D eigenvalue weighted by atomic mass is 9.96. The van der Waals surface area contributed by atoms with Gasteiger partial charge in [0.1, 0.15) is 0 Å². The van der Waals surface area contributed by atoms with Gasteiger partial charge in [-0.25, -0.2) is 4.98 Å². The molecule has 3 rings (SSSR count). The first-order chi connectivity index (χ1) is 17.7. The van der Waals surface area contributed by atoms with Crippen LogP contribution in [-0.2, 0) is 4.79 Å². The fourth-order valence-corrected chi connectivity index (χ4v) is 3.90. The molecule has 7 heteroatoms. The fourth-order valence-electron chi connectivity index (χ4n) is 3.90. The van der Waals surface area contributed by atoms with Crippen LogP contribution in [-0.4, -0.2) is 28.7 Å². The molecule has 2 heterocycles. The van der Waals surface area contributed by atoms with E-state index in [2.05, 4.69) is 37.7 Å².